The van der Waals surface area contributed by atoms with E-state index in [-0.39, 0.29) is 5.91 Å². The van der Waals surface area contributed by atoms with Crippen LogP contribution in [-0.4, -0.2) is 34.4 Å². The lowest BCUT2D eigenvalue weighted by Crippen LogP contribution is -2.47. The number of nitrogens with zero attached hydrogens (tertiary/aromatic N) is 1. The normalized spacial score (nSPS) is 28.2. The summed E-state index contributed by atoms with van der Waals surface area (Å²) in [5, 5.41) is 1.72. The first-order valence-corrected chi connectivity index (χ1v) is 8.89. The van der Waals surface area contributed by atoms with E-state index in [0.29, 0.717) is 23.1 Å². The second-order valence-corrected chi connectivity index (χ2v) is 7.21. The van der Waals surface area contributed by atoms with Gasteiger partial charge in [-0.05, 0) is 44.1 Å². The Kier molecular flexibility index (Phi) is 3.21. The van der Waals surface area contributed by atoms with Gasteiger partial charge in [-0.15, -0.1) is 0 Å². The number of hydrogen-bond acceptors (Lipinski definition) is 3. The molecule has 3 heterocycles. The maximum absolute atomic E-state index is 12.9. The standard InChI is InChI=1S/C17H19NO2S/c1-21-14-9-12-6-7-13(10-14)18(12)17(19)16-8-11-4-2-3-5-15(11)20-16/h2-5,8,12-14H,6-7,9-10H2,1H3. The van der Waals surface area contributed by atoms with Crippen LogP contribution in [0.4, 0.5) is 0 Å². The van der Waals surface area contributed by atoms with Crippen LogP contribution in [0.3, 0.4) is 0 Å². The highest BCUT2D eigenvalue weighted by molar-refractivity contribution is 7.99. The summed E-state index contributed by atoms with van der Waals surface area (Å²) in [5.41, 5.74) is 0.798. The number of para-hydroxylation sites is 1. The summed E-state index contributed by atoms with van der Waals surface area (Å²) >= 11 is 1.95. The van der Waals surface area contributed by atoms with E-state index >= 15 is 0 Å². The number of carbonyl (C=O) groups excluding carboxylic acids is 1. The highest BCUT2D eigenvalue weighted by atomic mass is 32.2. The van der Waals surface area contributed by atoms with Gasteiger partial charge in [0.25, 0.3) is 5.91 Å². The molecule has 1 aromatic heterocycles. The number of rotatable bonds is 2. The topological polar surface area (TPSA) is 33.5 Å². The number of fused-ring (bicyclic) bond motifs is 3. The van der Waals surface area contributed by atoms with Crippen LogP contribution in [0.25, 0.3) is 11.0 Å². The van der Waals surface area contributed by atoms with Crippen molar-refractivity contribution in [3.05, 3.63) is 36.1 Å². The molecule has 4 heteroatoms. The minimum absolute atomic E-state index is 0.0817. The van der Waals surface area contributed by atoms with Crippen LogP contribution in [0.15, 0.2) is 34.7 Å². The van der Waals surface area contributed by atoms with Crippen molar-refractivity contribution < 1.29 is 9.21 Å². The first kappa shape index (κ1) is 13.3. The Bertz CT molecular complexity index is 633. The van der Waals surface area contributed by atoms with Crippen molar-refractivity contribution in [2.45, 2.75) is 43.0 Å². The molecular formula is C17H19NO2S. The van der Waals surface area contributed by atoms with Crippen molar-refractivity contribution >= 4 is 28.6 Å². The Morgan fingerprint density at radius 3 is 2.62 bits per heavy atom. The van der Waals surface area contributed by atoms with E-state index in [0.717, 1.165) is 36.7 Å². The van der Waals surface area contributed by atoms with Gasteiger partial charge in [-0.3, -0.25) is 4.79 Å². The SMILES string of the molecule is CSC1CC2CCC(C1)N2C(=O)c1cc2ccccc2o1. The van der Waals surface area contributed by atoms with Gasteiger partial charge >= 0.3 is 0 Å². The Hall–Kier alpha value is -1.42. The van der Waals surface area contributed by atoms with Crippen LogP contribution < -0.4 is 0 Å². The predicted molar refractivity (Wildman–Crippen MR) is 85.7 cm³/mol. The second-order valence-electron chi connectivity index (χ2n) is 6.08. The fourth-order valence-electron chi connectivity index (χ4n) is 3.87. The number of furan rings is 1. The molecular weight excluding hydrogens is 282 g/mol. The molecule has 2 aliphatic heterocycles. The summed E-state index contributed by atoms with van der Waals surface area (Å²) in [5.74, 6) is 0.578. The van der Waals surface area contributed by atoms with Crippen molar-refractivity contribution in [3.63, 3.8) is 0 Å². The van der Waals surface area contributed by atoms with E-state index in [1.165, 1.54) is 0 Å². The zero-order valence-corrected chi connectivity index (χ0v) is 12.9. The molecule has 2 atom stereocenters. The lowest BCUT2D eigenvalue weighted by Gasteiger charge is -2.37. The lowest BCUT2D eigenvalue weighted by molar-refractivity contribution is 0.0571. The fourth-order valence-corrected chi connectivity index (χ4v) is 4.69. The van der Waals surface area contributed by atoms with Crippen LogP contribution >= 0.6 is 11.8 Å². The molecule has 0 saturated carbocycles. The highest BCUT2D eigenvalue weighted by Crippen LogP contribution is 2.40. The molecule has 2 aromatic rings. The molecule has 2 saturated heterocycles. The van der Waals surface area contributed by atoms with Gasteiger partial charge in [0.15, 0.2) is 5.76 Å². The quantitative estimate of drug-likeness (QED) is 0.842. The predicted octanol–water partition coefficient (Wildman–Crippen LogP) is 3.93. The summed E-state index contributed by atoms with van der Waals surface area (Å²) < 4.78 is 5.76. The summed E-state index contributed by atoms with van der Waals surface area (Å²) in [6.45, 7) is 0. The van der Waals surface area contributed by atoms with Crippen molar-refractivity contribution in [1.29, 1.82) is 0 Å². The third kappa shape index (κ3) is 2.16. The van der Waals surface area contributed by atoms with Crippen LogP contribution in [0.2, 0.25) is 0 Å². The molecule has 110 valence electrons. The molecule has 2 aliphatic rings. The van der Waals surface area contributed by atoms with Crippen LogP contribution in [0, 0.1) is 0 Å². The summed E-state index contributed by atoms with van der Waals surface area (Å²) in [6.07, 6.45) is 6.73. The summed E-state index contributed by atoms with van der Waals surface area (Å²) in [7, 11) is 0. The van der Waals surface area contributed by atoms with Gasteiger partial charge in [-0.2, -0.15) is 11.8 Å². The van der Waals surface area contributed by atoms with E-state index in [2.05, 4.69) is 11.2 Å². The largest absolute Gasteiger partial charge is 0.451 e. The van der Waals surface area contributed by atoms with Crippen molar-refractivity contribution in [1.82, 2.24) is 4.90 Å². The molecule has 4 rings (SSSR count). The number of carbonyl (C=O) groups is 1. The first-order chi connectivity index (χ1) is 10.3. The van der Waals surface area contributed by atoms with Gasteiger partial charge in [-0.1, -0.05) is 18.2 Å². The number of thioether (sulfide) groups is 1. The van der Waals surface area contributed by atoms with Gasteiger partial charge in [0.1, 0.15) is 5.58 Å². The summed E-state index contributed by atoms with van der Waals surface area (Å²) in [4.78, 5) is 15.0. The molecule has 1 aromatic carbocycles. The number of benzene rings is 1. The number of piperidine rings is 1. The molecule has 2 bridgehead atoms. The molecule has 2 unspecified atom stereocenters. The molecule has 21 heavy (non-hydrogen) atoms. The van der Waals surface area contributed by atoms with Crippen molar-refractivity contribution in [2.75, 3.05) is 6.26 Å². The molecule has 0 spiro atoms. The maximum Gasteiger partial charge on any atom is 0.290 e. The summed E-state index contributed by atoms with van der Waals surface area (Å²) in [6, 6.07) is 10.5. The van der Waals surface area contributed by atoms with Crippen LogP contribution in [-0.2, 0) is 0 Å². The van der Waals surface area contributed by atoms with Crippen LogP contribution in [0.1, 0.15) is 36.2 Å². The third-order valence-electron chi connectivity index (χ3n) is 4.89. The van der Waals surface area contributed by atoms with Gasteiger partial charge in [0, 0.05) is 22.7 Å². The number of hydrogen-bond donors (Lipinski definition) is 0. The minimum atomic E-state index is 0.0817. The molecule has 3 nitrogen and oxygen atoms in total. The van der Waals surface area contributed by atoms with Crippen LogP contribution in [0.5, 0.6) is 0 Å². The molecule has 0 N–H and O–H groups in total. The molecule has 2 fully saturated rings. The zero-order chi connectivity index (χ0) is 14.4. The van der Waals surface area contributed by atoms with Crippen molar-refractivity contribution in [2.24, 2.45) is 0 Å². The van der Waals surface area contributed by atoms with Gasteiger partial charge < -0.3 is 9.32 Å². The third-order valence-corrected chi connectivity index (χ3v) is 5.95. The smallest absolute Gasteiger partial charge is 0.290 e. The monoisotopic (exact) mass is 301 g/mol. The molecule has 0 aliphatic carbocycles. The van der Waals surface area contributed by atoms with E-state index < -0.39 is 0 Å². The zero-order valence-electron chi connectivity index (χ0n) is 12.1. The van der Waals surface area contributed by atoms with Gasteiger partial charge in [0.2, 0.25) is 0 Å². The Morgan fingerprint density at radius 1 is 1.24 bits per heavy atom. The Morgan fingerprint density at radius 2 is 1.95 bits per heavy atom. The van der Waals surface area contributed by atoms with E-state index in [1.54, 1.807) is 0 Å². The minimum Gasteiger partial charge on any atom is -0.451 e. The fraction of sp³-hybridized carbons (Fsp3) is 0.471. The lowest BCUT2D eigenvalue weighted by atomic mass is 10.0. The van der Waals surface area contributed by atoms with Crippen molar-refractivity contribution in [3.8, 4) is 0 Å². The second kappa shape index (κ2) is 5.09. The van der Waals surface area contributed by atoms with Gasteiger partial charge in [0.05, 0.1) is 0 Å². The Labute approximate surface area is 128 Å². The Balaban J connectivity index is 1.63. The van der Waals surface area contributed by atoms with E-state index in [9.17, 15) is 4.79 Å². The van der Waals surface area contributed by atoms with Gasteiger partial charge in [-0.25, -0.2) is 0 Å². The first-order valence-electron chi connectivity index (χ1n) is 7.60. The number of amides is 1. The highest BCUT2D eigenvalue weighted by Gasteiger charge is 2.43. The maximum atomic E-state index is 12.9. The molecule has 0 radical (unpaired) electrons. The van der Waals surface area contributed by atoms with E-state index in [1.807, 2.05) is 42.1 Å². The molecule has 1 amide bonds. The average Bonchev–Trinajstić information content (AvgIpc) is 3.05. The van der Waals surface area contributed by atoms with E-state index in [4.69, 9.17) is 4.42 Å². The average molecular weight is 301 g/mol.